The summed E-state index contributed by atoms with van der Waals surface area (Å²) in [6.07, 6.45) is 0. The number of hydrogen-bond acceptors (Lipinski definition) is 4. The van der Waals surface area contributed by atoms with E-state index in [0.717, 1.165) is 0 Å². The number of pyridine rings is 1. The first-order chi connectivity index (χ1) is 8.61. The molecule has 1 aromatic carbocycles. The molecule has 0 saturated heterocycles. The fraction of sp³-hybridized carbons (Fsp3) is 0.0769. The minimum absolute atomic E-state index is 0.121. The number of rotatable bonds is 3. The molecule has 1 heterocycles. The molecule has 0 atom stereocenters. The minimum atomic E-state index is -0.212. The highest BCUT2D eigenvalue weighted by Crippen LogP contribution is 2.20. The zero-order valence-electron chi connectivity index (χ0n) is 9.68. The standard InChI is InChI=1S/C13H11ClN2O2/c1-18-9-4-2-3-8(7-9)12(17)10-5-6-11(14)16-13(10)15/h2-7H,1H3,(H2,15,16). The van der Waals surface area contributed by atoms with Gasteiger partial charge in [0.2, 0.25) is 0 Å². The summed E-state index contributed by atoms with van der Waals surface area (Å²) >= 11 is 5.69. The number of methoxy groups -OCH3 is 1. The number of halogens is 1. The van der Waals surface area contributed by atoms with Gasteiger partial charge in [0.25, 0.3) is 0 Å². The number of nitrogen functional groups attached to an aromatic ring is 1. The van der Waals surface area contributed by atoms with E-state index in [0.29, 0.717) is 16.9 Å². The van der Waals surface area contributed by atoms with Crippen LogP contribution >= 0.6 is 11.6 Å². The van der Waals surface area contributed by atoms with Crippen LogP contribution in [-0.2, 0) is 0 Å². The van der Waals surface area contributed by atoms with Gasteiger partial charge in [-0.1, -0.05) is 23.7 Å². The average Bonchev–Trinajstić information content (AvgIpc) is 2.38. The number of aromatic nitrogens is 1. The van der Waals surface area contributed by atoms with E-state index in [9.17, 15) is 4.79 Å². The molecule has 5 heteroatoms. The fourth-order valence-electron chi connectivity index (χ4n) is 1.56. The van der Waals surface area contributed by atoms with Crippen LogP contribution in [0.3, 0.4) is 0 Å². The van der Waals surface area contributed by atoms with Crippen molar-refractivity contribution in [2.45, 2.75) is 0 Å². The summed E-state index contributed by atoms with van der Waals surface area (Å²) in [5.41, 5.74) is 6.50. The number of ketones is 1. The van der Waals surface area contributed by atoms with E-state index in [1.165, 1.54) is 6.07 Å². The fourth-order valence-corrected chi connectivity index (χ4v) is 1.72. The van der Waals surface area contributed by atoms with Crippen LogP contribution in [0.5, 0.6) is 5.75 Å². The lowest BCUT2D eigenvalue weighted by atomic mass is 10.0. The lowest BCUT2D eigenvalue weighted by Crippen LogP contribution is -2.07. The summed E-state index contributed by atoms with van der Waals surface area (Å²) in [6, 6.07) is 9.94. The predicted octanol–water partition coefficient (Wildman–Crippen LogP) is 2.56. The van der Waals surface area contributed by atoms with Gasteiger partial charge in [-0.15, -0.1) is 0 Å². The summed E-state index contributed by atoms with van der Waals surface area (Å²) < 4.78 is 5.07. The number of benzene rings is 1. The zero-order valence-corrected chi connectivity index (χ0v) is 10.4. The Morgan fingerprint density at radius 3 is 2.78 bits per heavy atom. The molecule has 4 nitrogen and oxygen atoms in total. The van der Waals surface area contributed by atoms with E-state index in [1.54, 1.807) is 37.4 Å². The van der Waals surface area contributed by atoms with Crippen LogP contribution in [-0.4, -0.2) is 17.9 Å². The smallest absolute Gasteiger partial charge is 0.196 e. The van der Waals surface area contributed by atoms with Crippen LogP contribution in [0.1, 0.15) is 15.9 Å². The van der Waals surface area contributed by atoms with E-state index in [-0.39, 0.29) is 16.8 Å². The molecule has 18 heavy (non-hydrogen) atoms. The molecule has 2 aromatic rings. The largest absolute Gasteiger partial charge is 0.497 e. The lowest BCUT2D eigenvalue weighted by molar-refractivity contribution is 0.103. The van der Waals surface area contributed by atoms with Gasteiger partial charge in [0.05, 0.1) is 12.7 Å². The van der Waals surface area contributed by atoms with Gasteiger partial charge in [-0.05, 0) is 24.3 Å². The van der Waals surface area contributed by atoms with Gasteiger partial charge in [-0.3, -0.25) is 4.79 Å². The van der Waals surface area contributed by atoms with Crippen molar-refractivity contribution in [3.8, 4) is 5.75 Å². The summed E-state index contributed by atoms with van der Waals surface area (Å²) in [6.45, 7) is 0. The monoisotopic (exact) mass is 262 g/mol. The Labute approximate surface area is 109 Å². The molecule has 1 aromatic heterocycles. The maximum atomic E-state index is 12.2. The Kier molecular flexibility index (Phi) is 3.48. The normalized spacial score (nSPS) is 10.1. The van der Waals surface area contributed by atoms with Gasteiger partial charge >= 0.3 is 0 Å². The highest BCUT2D eigenvalue weighted by Gasteiger charge is 2.14. The Bertz CT molecular complexity index is 599. The second-order valence-corrected chi connectivity index (χ2v) is 4.02. The summed E-state index contributed by atoms with van der Waals surface area (Å²) in [7, 11) is 1.54. The number of ether oxygens (including phenoxy) is 1. The van der Waals surface area contributed by atoms with Crippen molar-refractivity contribution >= 4 is 23.2 Å². The third-order valence-corrected chi connectivity index (χ3v) is 2.68. The van der Waals surface area contributed by atoms with Gasteiger partial charge in [0.15, 0.2) is 5.78 Å². The van der Waals surface area contributed by atoms with E-state index in [2.05, 4.69) is 4.98 Å². The Balaban J connectivity index is 2.41. The van der Waals surface area contributed by atoms with Crippen LogP contribution in [0.25, 0.3) is 0 Å². The first-order valence-corrected chi connectivity index (χ1v) is 5.60. The van der Waals surface area contributed by atoms with Crippen LogP contribution in [0, 0.1) is 0 Å². The second kappa shape index (κ2) is 5.06. The summed E-state index contributed by atoms with van der Waals surface area (Å²) in [5.74, 6) is 0.521. The van der Waals surface area contributed by atoms with E-state index >= 15 is 0 Å². The van der Waals surface area contributed by atoms with Gasteiger partial charge in [-0.2, -0.15) is 0 Å². The van der Waals surface area contributed by atoms with Gasteiger partial charge in [-0.25, -0.2) is 4.98 Å². The van der Waals surface area contributed by atoms with Crippen molar-refractivity contribution in [1.82, 2.24) is 4.98 Å². The van der Waals surface area contributed by atoms with Crippen molar-refractivity contribution in [1.29, 1.82) is 0 Å². The number of hydrogen-bond donors (Lipinski definition) is 1. The first kappa shape index (κ1) is 12.4. The SMILES string of the molecule is COc1cccc(C(=O)c2ccc(Cl)nc2N)c1. The molecule has 0 amide bonds. The number of nitrogens with two attached hydrogens (primary N) is 1. The van der Waals surface area contributed by atoms with Crippen LogP contribution < -0.4 is 10.5 Å². The van der Waals surface area contributed by atoms with E-state index < -0.39 is 0 Å². The maximum absolute atomic E-state index is 12.2. The average molecular weight is 263 g/mol. The van der Waals surface area contributed by atoms with Gasteiger partial charge < -0.3 is 10.5 Å². The van der Waals surface area contributed by atoms with Crippen molar-refractivity contribution in [3.63, 3.8) is 0 Å². The van der Waals surface area contributed by atoms with Gasteiger partial charge in [0, 0.05) is 5.56 Å². The van der Waals surface area contributed by atoms with Crippen LogP contribution in [0.15, 0.2) is 36.4 Å². The molecule has 2 rings (SSSR count). The lowest BCUT2D eigenvalue weighted by Gasteiger charge is -2.06. The molecule has 0 unspecified atom stereocenters. The summed E-state index contributed by atoms with van der Waals surface area (Å²) in [5, 5.41) is 0.259. The molecule has 0 spiro atoms. The Morgan fingerprint density at radius 2 is 2.11 bits per heavy atom. The highest BCUT2D eigenvalue weighted by molar-refractivity contribution is 6.29. The summed E-state index contributed by atoms with van der Waals surface area (Å²) in [4.78, 5) is 16.1. The van der Waals surface area contributed by atoms with E-state index in [4.69, 9.17) is 22.1 Å². The van der Waals surface area contributed by atoms with Crippen LogP contribution in [0.2, 0.25) is 5.15 Å². The first-order valence-electron chi connectivity index (χ1n) is 5.22. The number of anilines is 1. The number of carbonyl (C=O) groups is 1. The number of carbonyl (C=O) groups excluding carboxylic acids is 1. The maximum Gasteiger partial charge on any atom is 0.196 e. The second-order valence-electron chi connectivity index (χ2n) is 3.63. The predicted molar refractivity (Wildman–Crippen MR) is 70.1 cm³/mol. The Morgan fingerprint density at radius 1 is 1.33 bits per heavy atom. The number of nitrogens with zero attached hydrogens (tertiary/aromatic N) is 1. The topological polar surface area (TPSA) is 65.2 Å². The quantitative estimate of drug-likeness (QED) is 0.682. The third-order valence-electron chi connectivity index (χ3n) is 2.47. The van der Waals surface area contributed by atoms with Crippen LogP contribution in [0.4, 0.5) is 5.82 Å². The Hall–Kier alpha value is -2.07. The molecular weight excluding hydrogens is 252 g/mol. The third kappa shape index (κ3) is 2.43. The zero-order chi connectivity index (χ0) is 13.1. The molecule has 2 N–H and O–H groups in total. The van der Waals surface area contributed by atoms with Crippen molar-refractivity contribution < 1.29 is 9.53 Å². The van der Waals surface area contributed by atoms with Crippen molar-refractivity contribution in [3.05, 3.63) is 52.7 Å². The highest BCUT2D eigenvalue weighted by atomic mass is 35.5. The van der Waals surface area contributed by atoms with Crippen molar-refractivity contribution in [2.75, 3.05) is 12.8 Å². The minimum Gasteiger partial charge on any atom is -0.497 e. The molecule has 92 valence electrons. The molecule has 0 saturated carbocycles. The molecule has 0 aliphatic heterocycles. The van der Waals surface area contributed by atoms with E-state index in [1.807, 2.05) is 0 Å². The molecule has 0 radical (unpaired) electrons. The molecule has 0 bridgehead atoms. The molecule has 0 fully saturated rings. The molecule has 0 aliphatic rings. The van der Waals surface area contributed by atoms with Crippen molar-refractivity contribution in [2.24, 2.45) is 0 Å². The molecule has 0 aliphatic carbocycles. The van der Waals surface area contributed by atoms with Gasteiger partial charge in [0.1, 0.15) is 16.7 Å². The molecular formula is C13H11ClN2O2.